The normalized spacial score (nSPS) is 15.9. The SMILES string of the molecule is CCCn1nc(C)c(N)c1NC1CC1. The minimum absolute atomic E-state index is 0.629. The zero-order valence-electron chi connectivity index (χ0n) is 8.88. The van der Waals surface area contributed by atoms with Gasteiger partial charge in [-0.2, -0.15) is 5.10 Å². The lowest BCUT2D eigenvalue weighted by Crippen LogP contribution is -2.10. The molecule has 0 aromatic carbocycles. The summed E-state index contributed by atoms with van der Waals surface area (Å²) in [7, 11) is 0. The number of hydrogen-bond donors (Lipinski definition) is 2. The van der Waals surface area contributed by atoms with Crippen molar-refractivity contribution < 1.29 is 0 Å². The number of nitrogens with one attached hydrogen (secondary N) is 1. The molecule has 0 spiro atoms. The first-order valence-electron chi connectivity index (χ1n) is 5.31. The average Bonchev–Trinajstić information content (AvgIpc) is 2.91. The van der Waals surface area contributed by atoms with E-state index in [1.165, 1.54) is 12.8 Å². The van der Waals surface area contributed by atoms with Gasteiger partial charge >= 0.3 is 0 Å². The van der Waals surface area contributed by atoms with Gasteiger partial charge in [-0.3, -0.25) is 0 Å². The molecule has 1 heterocycles. The highest BCUT2D eigenvalue weighted by atomic mass is 15.3. The van der Waals surface area contributed by atoms with Crippen LogP contribution in [0.25, 0.3) is 0 Å². The van der Waals surface area contributed by atoms with Crippen molar-refractivity contribution in [3.8, 4) is 0 Å². The summed E-state index contributed by atoms with van der Waals surface area (Å²) in [5, 5.41) is 7.84. The van der Waals surface area contributed by atoms with Crippen LogP contribution < -0.4 is 11.1 Å². The van der Waals surface area contributed by atoms with E-state index < -0.39 is 0 Å². The Hall–Kier alpha value is -1.19. The molecule has 2 rings (SSSR count). The Bertz CT molecular complexity index is 325. The summed E-state index contributed by atoms with van der Waals surface area (Å²) < 4.78 is 1.99. The summed E-state index contributed by atoms with van der Waals surface area (Å²) in [6, 6.07) is 0.629. The molecular weight excluding hydrogens is 176 g/mol. The van der Waals surface area contributed by atoms with Crippen LogP contribution in [-0.2, 0) is 6.54 Å². The molecule has 1 fully saturated rings. The van der Waals surface area contributed by atoms with E-state index in [0.717, 1.165) is 30.2 Å². The second kappa shape index (κ2) is 3.52. The number of nitrogens with zero attached hydrogens (tertiary/aromatic N) is 2. The van der Waals surface area contributed by atoms with E-state index >= 15 is 0 Å². The largest absolute Gasteiger partial charge is 0.394 e. The molecule has 0 atom stereocenters. The van der Waals surface area contributed by atoms with Crippen molar-refractivity contribution in [3.63, 3.8) is 0 Å². The van der Waals surface area contributed by atoms with Crippen molar-refractivity contribution in [2.45, 2.75) is 45.7 Å². The molecule has 78 valence electrons. The van der Waals surface area contributed by atoms with E-state index in [4.69, 9.17) is 5.73 Å². The standard InChI is InChI=1S/C10H18N4/c1-3-6-14-10(12-8-4-5-8)9(11)7(2)13-14/h8,12H,3-6,11H2,1-2H3. The van der Waals surface area contributed by atoms with E-state index in [-0.39, 0.29) is 0 Å². The molecule has 0 bridgehead atoms. The summed E-state index contributed by atoms with van der Waals surface area (Å²) in [4.78, 5) is 0. The van der Waals surface area contributed by atoms with Crippen molar-refractivity contribution in [1.82, 2.24) is 9.78 Å². The first-order chi connectivity index (χ1) is 6.72. The van der Waals surface area contributed by atoms with Crippen molar-refractivity contribution in [3.05, 3.63) is 5.69 Å². The Morgan fingerprint density at radius 3 is 2.86 bits per heavy atom. The fraction of sp³-hybridized carbons (Fsp3) is 0.700. The average molecular weight is 194 g/mol. The monoisotopic (exact) mass is 194 g/mol. The molecule has 1 aromatic rings. The summed E-state index contributed by atoms with van der Waals surface area (Å²) in [5.74, 6) is 1.02. The maximum atomic E-state index is 5.96. The molecule has 14 heavy (non-hydrogen) atoms. The number of aromatic nitrogens is 2. The molecule has 1 saturated carbocycles. The minimum atomic E-state index is 0.629. The van der Waals surface area contributed by atoms with Gasteiger partial charge in [-0.25, -0.2) is 4.68 Å². The smallest absolute Gasteiger partial charge is 0.148 e. The van der Waals surface area contributed by atoms with Crippen molar-refractivity contribution >= 4 is 11.5 Å². The molecule has 0 unspecified atom stereocenters. The maximum absolute atomic E-state index is 5.96. The summed E-state index contributed by atoms with van der Waals surface area (Å²) in [5.41, 5.74) is 7.71. The quantitative estimate of drug-likeness (QED) is 0.768. The van der Waals surface area contributed by atoms with Crippen LogP contribution in [0.5, 0.6) is 0 Å². The lowest BCUT2D eigenvalue weighted by Gasteiger charge is -2.08. The fourth-order valence-corrected chi connectivity index (χ4v) is 1.54. The zero-order chi connectivity index (χ0) is 10.1. The van der Waals surface area contributed by atoms with Crippen LogP contribution in [0.3, 0.4) is 0 Å². The molecule has 1 aliphatic carbocycles. The highest BCUT2D eigenvalue weighted by molar-refractivity contribution is 5.65. The van der Waals surface area contributed by atoms with Crippen LogP contribution >= 0.6 is 0 Å². The van der Waals surface area contributed by atoms with Gasteiger partial charge in [0.2, 0.25) is 0 Å². The van der Waals surface area contributed by atoms with Crippen LogP contribution in [0.1, 0.15) is 31.9 Å². The van der Waals surface area contributed by atoms with Crippen molar-refractivity contribution in [2.75, 3.05) is 11.1 Å². The summed E-state index contributed by atoms with van der Waals surface area (Å²) in [6.07, 6.45) is 3.60. The van der Waals surface area contributed by atoms with Gasteiger partial charge in [-0.1, -0.05) is 6.92 Å². The molecule has 1 aliphatic rings. The van der Waals surface area contributed by atoms with Crippen LogP contribution in [0.15, 0.2) is 0 Å². The van der Waals surface area contributed by atoms with Gasteiger partial charge in [0, 0.05) is 12.6 Å². The highest BCUT2D eigenvalue weighted by Crippen LogP contribution is 2.29. The number of nitrogen functional groups attached to an aromatic ring is 1. The second-order valence-corrected chi connectivity index (χ2v) is 3.99. The van der Waals surface area contributed by atoms with Crippen molar-refractivity contribution in [1.29, 1.82) is 0 Å². The third-order valence-corrected chi connectivity index (χ3v) is 2.53. The molecule has 1 aromatic heterocycles. The van der Waals surface area contributed by atoms with Gasteiger partial charge in [-0.15, -0.1) is 0 Å². The molecular formula is C10H18N4. The second-order valence-electron chi connectivity index (χ2n) is 3.99. The number of hydrogen-bond acceptors (Lipinski definition) is 3. The topological polar surface area (TPSA) is 55.9 Å². The van der Waals surface area contributed by atoms with E-state index in [9.17, 15) is 0 Å². The molecule has 0 aliphatic heterocycles. The predicted molar refractivity (Wildman–Crippen MR) is 58.3 cm³/mol. The van der Waals surface area contributed by atoms with Gasteiger partial charge in [-0.05, 0) is 26.2 Å². The fourth-order valence-electron chi connectivity index (χ4n) is 1.54. The Balaban J connectivity index is 2.22. The maximum Gasteiger partial charge on any atom is 0.148 e. The third-order valence-electron chi connectivity index (χ3n) is 2.53. The first kappa shape index (κ1) is 9.37. The molecule has 0 amide bonds. The van der Waals surface area contributed by atoms with Gasteiger partial charge < -0.3 is 11.1 Å². The van der Waals surface area contributed by atoms with Crippen LogP contribution in [0.2, 0.25) is 0 Å². The van der Waals surface area contributed by atoms with Gasteiger partial charge in [0.05, 0.1) is 11.4 Å². The molecule has 0 saturated heterocycles. The summed E-state index contributed by atoms with van der Waals surface area (Å²) >= 11 is 0. The van der Waals surface area contributed by atoms with Crippen LogP contribution in [0.4, 0.5) is 11.5 Å². The van der Waals surface area contributed by atoms with E-state index in [1.807, 2.05) is 11.6 Å². The van der Waals surface area contributed by atoms with Gasteiger partial charge in [0.1, 0.15) is 5.82 Å². The number of nitrogens with two attached hydrogens (primary N) is 1. The van der Waals surface area contributed by atoms with Gasteiger partial charge in [0.15, 0.2) is 0 Å². The number of anilines is 2. The van der Waals surface area contributed by atoms with E-state index in [1.54, 1.807) is 0 Å². The lowest BCUT2D eigenvalue weighted by atomic mass is 10.4. The Kier molecular flexibility index (Phi) is 2.35. The lowest BCUT2D eigenvalue weighted by molar-refractivity contribution is 0.602. The first-order valence-corrected chi connectivity index (χ1v) is 5.31. The Morgan fingerprint density at radius 2 is 2.29 bits per heavy atom. The molecule has 0 radical (unpaired) electrons. The Labute approximate surface area is 84.5 Å². The zero-order valence-corrected chi connectivity index (χ0v) is 8.88. The molecule has 4 nitrogen and oxygen atoms in total. The minimum Gasteiger partial charge on any atom is -0.394 e. The molecule has 4 heteroatoms. The number of aryl methyl sites for hydroxylation is 2. The van der Waals surface area contributed by atoms with Crippen LogP contribution in [0, 0.1) is 6.92 Å². The van der Waals surface area contributed by atoms with Gasteiger partial charge in [0.25, 0.3) is 0 Å². The van der Waals surface area contributed by atoms with E-state index in [2.05, 4.69) is 17.3 Å². The van der Waals surface area contributed by atoms with Crippen molar-refractivity contribution in [2.24, 2.45) is 0 Å². The Morgan fingerprint density at radius 1 is 1.57 bits per heavy atom. The van der Waals surface area contributed by atoms with Crippen LogP contribution in [-0.4, -0.2) is 15.8 Å². The van der Waals surface area contributed by atoms with E-state index in [0.29, 0.717) is 6.04 Å². The predicted octanol–water partition coefficient (Wildman–Crippen LogP) is 1.76. The molecule has 3 N–H and O–H groups in total. The summed E-state index contributed by atoms with van der Waals surface area (Å²) in [6.45, 7) is 5.04. The number of rotatable bonds is 4. The highest BCUT2D eigenvalue weighted by Gasteiger charge is 2.24. The third kappa shape index (κ3) is 1.69.